The molecule has 1 aliphatic heterocycles. The first-order valence-corrected chi connectivity index (χ1v) is 8.74. The van der Waals surface area contributed by atoms with Gasteiger partial charge in [0.05, 0.1) is 16.1 Å². The van der Waals surface area contributed by atoms with E-state index in [9.17, 15) is 18.4 Å². The molecular weight excluding hydrogens is 360 g/mol. The van der Waals surface area contributed by atoms with Crippen molar-refractivity contribution in [2.24, 2.45) is 5.92 Å². The number of nitrogens with one attached hydrogen (secondary N) is 1. The van der Waals surface area contributed by atoms with Gasteiger partial charge in [-0.1, -0.05) is 23.5 Å². The lowest BCUT2D eigenvalue weighted by Crippen LogP contribution is -2.28. The van der Waals surface area contributed by atoms with Crippen molar-refractivity contribution in [2.45, 2.75) is 6.42 Å². The predicted octanol–water partition coefficient (Wildman–Crippen LogP) is 3.57. The standard InChI is InChI=1S/C18H13F2N3O2S/c19-11-6-12(20)8-13(7-11)23-9-10(5-16(23)24)17(25)22-18-21-14-3-1-2-4-15(14)26-18/h1-4,6-8,10H,5,9H2,(H,21,22,25). The number of carbonyl (C=O) groups is 2. The Hall–Kier alpha value is -2.87. The number of halogens is 2. The van der Waals surface area contributed by atoms with Crippen LogP contribution in [-0.2, 0) is 9.59 Å². The summed E-state index contributed by atoms with van der Waals surface area (Å²) in [5.74, 6) is -2.83. The van der Waals surface area contributed by atoms with E-state index in [4.69, 9.17) is 0 Å². The van der Waals surface area contributed by atoms with Gasteiger partial charge in [0.1, 0.15) is 11.6 Å². The lowest BCUT2D eigenvalue weighted by atomic mass is 10.1. The molecule has 2 aromatic carbocycles. The van der Waals surface area contributed by atoms with Crippen LogP contribution in [0.3, 0.4) is 0 Å². The summed E-state index contributed by atoms with van der Waals surface area (Å²) in [6.45, 7) is 0.0679. The number of amides is 2. The highest BCUT2D eigenvalue weighted by Crippen LogP contribution is 2.29. The molecule has 132 valence electrons. The van der Waals surface area contributed by atoms with Crippen LogP contribution in [-0.4, -0.2) is 23.3 Å². The Bertz CT molecular complexity index is 967. The molecule has 1 aromatic heterocycles. The van der Waals surface area contributed by atoms with E-state index in [0.29, 0.717) is 5.13 Å². The van der Waals surface area contributed by atoms with Crippen LogP contribution in [0.5, 0.6) is 0 Å². The minimum atomic E-state index is -0.768. The molecule has 1 aliphatic rings. The van der Waals surface area contributed by atoms with Gasteiger partial charge in [0, 0.05) is 24.7 Å². The van der Waals surface area contributed by atoms with Crippen LogP contribution < -0.4 is 10.2 Å². The second kappa shape index (κ2) is 6.45. The second-order valence-corrected chi connectivity index (χ2v) is 7.04. The number of fused-ring (bicyclic) bond motifs is 1. The zero-order valence-electron chi connectivity index (χ0n) is 13.4. The third-order valence-corrected chi connectivity index (χ3v) is 5.13. The molecule has 1 atom stereocenters. The van der Waals surface area contributed by atoms with Crippen molar-refractivity contribution in [1.82, 2.24) is 4.98 Å². The van der Waals surface area contributed by atoms with Crippen LogP contribution in [0.1, 0.15) is 6.42 Å². The van der Waals surface area contributed by atoms with Crippen LogP contribution in [0.25, 0.3) is 10.2 Å². The van der Waals surface area contributed by atoms with Crippen molar-refractivity contribution in [3.8, 4) is 0 Å². The van der Waals surface area contributed by atoms with Crippen molar-refractivity contribution in [3.05, 3.63) is 54.1 Å². The first-order valence-electron chi connectivity index (χ1n) is 7.92. The zero-order chi connectivity index (χ0) is 18.3. The molecule has 8 heteroatoms. The Morgan fingerprint density at radius 1 is 1.19 bits per heavy atom. The summed E-state index contributed by atoms with van der Waals surface area (Å²) in [5.41, 5.74) is 0.898. The number of anilines is 2. The molecule has 1 saturated heterocycles. The van der Waals surface area contributed by atoms with Gasteiger partial charge in [0.15, 0.2) is 5.13 Å². The van der Waals surface area contributed by atoms with Crippen LogP contribution in [0.4, 0.5) is 19.6 Å². The minimum Gasteiger partial charge on any atom is -0.311 e. The van der Waals surface area contributed by atoms with Crippen LogP contribution in [0, 0.1) is 17.6 Å². The number of nitrogens with zero attached hydrogens (tertiary/aromatic N) is 2. The average molecular weight is 373 g/mol. The molecule has 0 spiro atoms. The summed E-state index contributed by atoms with van der Waals surface area (Å²) in [6, 6.07) is 10.4. The summed E-state index contributed by atoms with van der Waals surface area (Å²) in [7, 11) is 0. The molecule has 3 aromatic rings. The first kappa shape index (κ1) is 16.6. The maximum absolute atomic E-state index is 13.4. The minimum absolute atomic E-state index is 0.0190. The lowest BCUT2D eigenvalue weighted by molar-refractivity contribution is -0.122. The van der Waals surface area contributed by atoms with Gasteiger partial charge in [0.25, 0.3) is 0 Å². The first-order chi connectivity index (χ1) is 12.5. The Morgan fingerprint density at radius 2 is 1.92 bits per heavy atom. The van der Waals surface area contributed by atoms with Crippen molar-refractivity contribution < 1.29 is 18.4 Å². The third-order valence-electron chi connectivity index (χ3n) is 4.18. The van der Waals surface area contributed by atoms with Gasteiger partial charge in [-0.15, -0.1) is 0 Å². The Labute approximate surface area is 151 Å². The molecular formula is C18H13F2N3O2S. The van der Waals surface area contributed by atoms with E-state index in [2.05, 4.69) is 10.3 Å². The van der Waals surface area contributed by atoms with E-state index in [1.54, 1.807) is 0 Å². The smallest absolute Gasteiger partial charge is 0.231 e. The summed E-state index contributed by atoms with van der Waals surface area (Å²) in [4.78, 5) is 30.2. The SMILES string of the molecule is O=C(Nc1nc2ccccc2s1)C1CC(=O)N(c2cc(F)cc(F)c2)C1. The quantitative estimate of drug-likeness (QED) is 0.764. The van der Waals surface area contributed by atoms with Gasteiger partial charge in [-0.05, 0) is 24.3 Å². The molecule has 1 N–H and O–H groups in total. The molecule has 1 unspecified atom stereocenters. The Balaban J connectivity index is 1.50. The highest BCUT2D eigenvalue weighted by atomic mass is 32.1. The summed E-state index contributed by atoms with van der Waals surface area (Å²) in [5, 5.41) is 3.19. The fourth-order valence-corrected chi connectivity index (χ4v) is 3.83. The molecule has 0 saturated carbocycles. The molecule has 26 heavy (non-hydrogen) atoms. The molecule has 2 heterocycles. The molecule has 4 rings (SSSR count). The molecule has 0 bridgehead atoms. The Morgan fingerprint density at radius 3 is 2.65 bits per heavy atom. The fraction of sp³-hybridized carbons (Fsp3) is 0.167. The lowest BCUT2D eigenvalue weighted by Gasteiger charge is -2.16. The maximum atomic E-state index is 13.4. The summed E-state index contributed by atoms with van der Waals surface area (Å²) in [6.07, 6.45) is -0.0190. The number of carbonyl (C=O) groups excluding carboxylic acids is 2. The summed E-state index contributed by atoms with van der Waals surface area (Å²) < 4.78 is 27.7. The van der Waals surface area contributed by atoms with Crippen LogP contribution >= 0.6 is 11.3 Å². The van der Waals surface area contributed by atoms with Gasteiger partial charge in [0.2, 0.25) is 11.8 Å². The molecule has 1 fully saturated rings. The van der Waals surface area contributed by atoms with Gasteiger partial charge in [-0.25, -0.2) is 13.8 Å². The van der Waals surface area contributed by atoms with Gasteiger partial charge in [-0.3, -0.25) is 9.59 Å². The molecule has 2 amide bonds. The average Bonchev–Trinajstić information content (AvgIpc) is 3.16. The van der Waals surface area contributed by atoms with E-state index in [1.807, 2.05) is 24.3 Å². The van der Waals surface area contributed by atoms with Crippen LogP contribution in [0.2, 0.25) is 0 Å². The number of rotatable bonds is 3. The molecule has 5 nitrogen and oxygen atoms in total. The van der Waals surface area contributed by atoms with Crippen LogP contribution in [0.15, 0.2) is 42.5 Å². The highest BCUT2D eigenvalue weighted by molar-refractivity contribution is 7.22. The number of benzene rings is 2. The summed E-state index contributed by atoms with van der Waals surface area (Å²) >= 11 is 1.35. The normalized spacial score (nSPS) is 17.1. The number of aromatic nitrogens is 1. The number of thiazole rings is 1. The van der Waals surface area contributed by atoms with E-state index >= 15 is 0 Å². The number of hydrogen-bond acceptors (Lipinski definition) is 4. The van der Waals surface area contributed by atoms with Gasteiger partial charge < -0.3 is 10.2 Å². The van der Waals surface area contributed by atoms with Crippen molar-refractivity contribution in [1.29, 1.82) is 0 Å². The number of hydrogen-bond donors (Lipinski definition) is 1. The largest absolute Gasteiger partial charge is 0.311 e. The maximum Gasteiger partial charge on any atom is 0.231 e. The van der Waals surface area contributed by atoms with Crippen molar-refractivity contribution >= 4 is 44.2 Å². The van der Waals surface area contributed by atoms with E-state index in [0.717, 1.165) is 28.4 Å². The molecule has 0 aliphatic carbocycles. The van der Waals surface area contributed by atoms with Gasteiger partial charge >= 0.3 is 0 Å². The number of para-hydroxylation sites is 1. The van der Waals surface area contributed by atoms with E-state index in [-0.39, 0.29) is 30.5 Å². The predicted molar refractivity (Wildman–Crippen MR) is 95.1 cm³/mol. The van der Waals surface area contributed by atoms with E-state index < -0.39 is 17.6 Å². The van der Waals surface area contributed by atoms with Gasteiger partial charge in [-0.2, -0.15) is 0 Å². The second-order valence-electron chi connectivity index (χ2n) is 6.01. The van der Waals surface area contributed by atoms with E-state index in [1.165, 1.54) is 16.2 Å². The van der Waals surface area contributed by atoms with Crippen molar-refractivity contribution in [2.75, 3.05) is 16.8 Å². The zero-order valence-corrected chi connectivity index (χ0v) is 14.2. The fourth-order valence-electron chi connectivity index (χ4n) is 2.96. The third kappa shape index (κ3) is 3.15. The van der Waals surface area contributed by atoms with Crippen molar-refractivity contribution in [3.63, 3.8) is 0 Å². The monoisotopic (exact) mass is 373 g/mol. The Kier molecular flexibility index (Phi) is 4.12. The molecule has 0 radical (unpaired) electrons. The topological polar surface area (TPSA) is 62.3 Å². The highest BCUT2D eigenvalue weighted by Gasteiger charge is 2.35.